The van der Waals surface area contributed by atoms with Crippen molar-refractivity contribution in [2.45, 2.75) is 25.9 Å². The van der Waals surface area contributed by atoms with E-state index in [4.69, 9.17) is 9.47 Å². The van der Waals surface area contributed by atoms with Gasteiger partial charge in [-0.1, -0.05) is 42.5 Å². The number of rotatable bonds is 8. The molecule has 1 amide bonds. The molecule has 7 heteroatoms. The summed E-state index contributed by atoms with van der Waals surface area (Å²) in [7, 11) is 1.65. The minimum Gasteiger partial charge on any atom is -0.495 e. The molecule has 33 heavy (non-hydrogen) atoms. The lowest BCUT2D eigenvalue weighted by atomic mass is 10.1. The number of amides is 1. The number of ether oxygens (including phenoxy) is 2. The molecular formula is C26H30N4O3. The van der Waals surface area contributed by atoms with E-state index in [9.17, 15) is 10.1 Å². The summed E-state index contributed by atoms with van der Waals surface area (Å²) < 4.78 is 13.3. The molecule has 1 fully saturated rings. The second kappa shape index (κ2) is 10.5. The molecule has 4 rings (SSSR count). The molecule has 0 bridgehead atoms. The summed E-state index contributed by atoms with van der Waals surface area (Å²) >= 11 is 0. The van der Waals surface area contributed by atoms with Crippen molar-refractivity contribution in [3.8, 4) is 11.8 Å². The number of nitrogens with one attached hydrogen (secondary N) is 1. The maximum absolute atomic E-state index is 13.4. The van der Waals surface area contributed by atoms with Gasteiger partial charge in [0.1, 0.15) is 11.8 Å². The molecule has 1 N–H and O–H groups in total. The Morgan fingerprint density at radius 3 is 2.61 bits per heavy atom. The quantitative estimate of drug-likeness (QED) is 0.575. The zero-order valence-corrected chi connectivity index (χ0v) is 19.2. The van der Waals surface area contributed by atoms with E-state index in [1.165, 1.54) is 0 Å². The first-order valence-electron chi connectivity index (χ1n) is 11.3. The van der Waals surface area contributed by atoms with Crippen LogP contribution in [0, 0.1) is 18.3 Å². The van der Waals surface area contributed by atoms with Crippen molar-refractivity contribution in [2.24, 2.45) is 0 Å². The number of nitrogens with zero attached hydrogens (tertiary/aromatic N) is 3. The molecule has 1 saturated heterocycles. The van der Waals surface area contributed by atoms with Gasteiger partial charge in [-0.3, -0.25) is 9.69 Å². The summed E-state index contributed by atoms with van der Waals surface area (Å²) in [6, 6.07) is 17.1. The highest BCUT2D eigenvalue weighted by molar-refractivity contribution is 6.09. The number of carbonyl (C=O) groups excluding carboxylic acids is 1. The van der Waals surface area contributed by atoms with Crippen LogP contribution in [0.3, 0.4) is 0 Å². The topological polar surface area (TPSA) is 79.5 Å². The number of benzene rings is 2. The highest BCUT2D eigenvalue weighted by atomic mass is 16.5. The van der Waals surface area contributed by atoms with Gasteiger partial charge in [0.15, 0.2) is 0 Å². The van der Waals surface area contributed by atoms with Crippen LogP contribution >= 0.6 is 0 Å². The molecule has 1 aliphatic heterocycles. The summed E-state index contributed by atoms with van der Waals surface area (Å²) in [4.78, 5) is 15.8. The van der Waals surface area contributed by atoms with Gasteiger partial charge in [-0.25, -0.2) is 0 Å². The van der Waals surface area contributed by atoms with Crippen molar-refractivity contribution >= 4 is 16.8 Å². The predicted molar refractivity (Wildman–Crippen MR) is 127 cm³/mol. The van der Waals surface area contributed by atoms with Gasteiger partial charge in [-0.15, -0.1) is 0 Å². The van der Waals surface area contributed by atoms with E-state index in [1.807, 2.05) is 55.5 Å². The Morgan fingerprint density at radius 1 is 1.15 bits per heavy atom. The van der Waals surface area contributed by atoms with Crippen molar-refractivity contribution in [3.63, 3.8) is 0 Å². The second-order valence-corrected chi connectivity index (χ2v) is 8.27. The van der Waals surface area contributed by atoms with Gasteiger partial charge in [0.25, 0.3) is 5.91 Å². The minimum atomic E-state index is -0.614. The molecular weight excluding hydrogens is 416 g/mol. The highest BCUT2D eigenvalue weighted by Gasteiger charge is 2.24. The molecule has 0 saturated carbocycles. The summed E-state index contributed by atoms with van der Waals surface area (Å²) in [5.74, 6) is 0.496. The maximum Gasteiger partial charge on any atom is 0.254 e. The summed E-state index contributed by atoms with van der Waals surface area (Å²) in [5, 5.41) is 13.5. The first kappa shape index (κ1) is 22.8. The van der Waals surface area contributed by atoms with E-state index in [0.717, 1.165) is 67.3 Å². The number of carbonyl (C=O) groups is 1. The van der Waals surface area contributed by atoms with Gasteiger partial charge < -0.3 is 19.4 Å². The third-order valence-electron chi connectivity index (χ3n) is 6.24. The molecule has 2 heterocycles. The van der Waals surface area contributed by atoms with E-state index >= 15 is 0 Å². The van der Waals surface area contributed by atoms with Crippen molar-refractivity contribution in [3.05, 3.63) is 65.4 Å². The zero-order chi connectivity index (χ0) is 23.2. The fourth-order valence-electron chi connectivity index (χ4n) is 4.51. The third-order valence-corrected chi connectivity index (χ3v) is 6.24. The first-order chi connectivity index (χ1) is 16.1. The van der Waals surface area contributed by atoms with Crippen LogP contribution in [0.15, 0.2) is 48.5 Å². The van der Waals surface area contributed by atoms with Gasteiger partial charge in [0.05, 0.1) is 37.5 Å². The second-order valence-electron chi connectivity index (χ2n) is 8.27. The lowest BCUT2D eigenvalue weighted by molar-refractivity contribution is 0.0365. The fourth-order valence-corrected chi connectivity index (χ4v) is 4.51. The Kier molecular flexibility index (Phi) is 7.28. The molecule has 0 radical (unpaired) electrons. The number of nitriles is 1. The molecule has 7 nitrogen and oxygen atoms in total. The Balaban J connectivity index is 1.63. The lowest BCUT2D eigenvalue weighted by Gasteiger charge is -2.27. The van der Waals surface area contributed by atoms with Crippen LogP contribution in [-0.2, 0) is 17.7 Å². The number of hydrogen-bond donors (Lipinski definition) is 1. The molecule has 3 aromatic rings. The average Bonchev–Trinajstić information content (AvgIpc) is 3.14. The number of fused-ring (bicyclic) bond motifs is 1. The van der Waals surface area contributed by atoms with E-state index < -0.39 is 6.04 Å². The monoisotopic (exact) mass is 446 g/mol. The molecule has 1 aliphatic rings. The zero-order valence-electron chi connectivity index (χ0n) is 19.2. The largest absolute Gasteiger partial charge is 0.495 e. The van der Waals surface area contributed by atoms with Crippen molar-refractivity contribution < 1.29 is 14.3 Å². The van der Waals surface area contributed by atoms with Crippen molar-refractivity contribution in [2.75, 3.05) is 40.0 Å². The minimum absolute atomic E-state index is 0.238. The van der Waals surface area contributed by atoms with Gasteiger partial charge in [0.2, 0.25) is 0 Å². The molecule has 172 valence electrons. The summed E-state index contributed by atoms with van der Waals surface area (Å²) in [5.41, 5.74) is 3.39. The normalized spacial score (nSPS) is 15.2. The van der Waals surface area contributed by atoms with Crippen molar-refractivity contribution in [1.82, 2.24) is 14.8 Å². The van der Waals surface area contributed by atoms with Crippen LogP contribution in [0.5, 0.6) is 5.75 Å². The maximum atomic E-state index is 13.4. The molecule has 0 unspecified atom stereocenters. The van der Waals surface area contributed by atoms with Crippen LogP contribution in [0.1, 0.15) is 21.6 Å². The Bertz CT molecular complexity index is 1140. The van der Waals surface area contributed by atoms with E-state index in [0.29, 0.717) is 12.0 Å². The summed E-state index contributed by atoms with van der Waals surface area (Å²) in [6.07, 6.45) is 0.459. The molecule has 1 atom stereocenters. The Labute approximate surface area is 194 Å². The van der Waals surface area contributed by atoms with Crippen LogP contribution in [-0.4, -0.2) is 61.4 Å². The van der Waals surface area contributed by atoms with Crippen molar-refractivity contribution in [1.29, 1.82) is 5.26 Å². The van der Waals surface area contributed by atoms with Gasteiger partial charge in [0, 0.05) is 43.7 Å². The van der Waals surface area contributed by atoms with Gasteiger partial charge >= 0.3 is 0 Å². The van der Waals surface area contributed by atoms with E-state index in [1.54, 1.807) is 7.11 Å². The van der Waals surface area contributed by atoms with Crippen LogP contribution < -0.4 is 10.1 Å². The SMILES string of the molecule is COc1cccc2c(C(=O)N[C@H](C#N)Cc3ccccc3)c(C)n(CCN3CCOCC3)c12. The van der Waals surface area contributed by atoms with Gasteiger partial charge in [-0.2, -0.15) is 5.26 Å². The number of hydrogen-bond acceptors (Lipinski definition) is 5. The predicted octanol–water partition coefficient (Wildman–Crippen LogP) is 3.16. The standard InChI is InChI=1S/C26H30N4O3/c1-19-24(26(31)28-21(18-27)17-20-7-4-3-5-8-20)22-9-6-10-23(32-2)25(22)30(19)12-11-29-13-15-33-16-14-29/h3-10,21H,11-17H2,1-2H3,(H,28,31)/t21-/m0/s1. The van der Waals surface area contributed by atoms with E-state index in [2.05, 4.69) is 20.9 Å². The first-order valence-corrected chi connectivity index (χ1v) is 11.3. The number of aromatic nitrogens is 1. The smallest absolute Gasteiger partial charge is 0.254 e. The molecule has 0 aliphatic carbocycles. The third kappa shape index (κ3) is 5.03. The molecule has 1 aromatic heterocycles. The van der Waals surface area contributed by atoms with Gasteiger partial charge in [-0.05, 0) is 18.6 Å². The van der Waals surface area contributed by atoms with Crippen LogP contribution in [0.2, 0.25) is 0 Å². The highest BCUT2D eigenvalue weighted by Crippen LogP contribution is 2.33. The Hall–Kier alpha value is -3.34. The number of morpholine rings is 1. The molecule has 0 spiro atoms. The lowest BCUT2D eigenvalue weighted by Crippen LogP contribution is -2.38. The van der Waals surface area contributed by atoms with Crippen LogP contribution in [0.25, 0.3) is 10.9 Å². The average molecular weight is 447 g/mol. The Morgan fingerprint density at radius 2 is 1.91 bits per heavy atom. The number of methoxy groups -OCH3 is 1. The summed E-state index contributed by atoms with van der Waals surface area (Å²) in [6.45, 7) is 6.88. The fraction of sp³-hybridized carbons (Fsp3) is 0.385. The van der Waals surface area contributed by atoms with Crippen LogP contribution in [0.4, 0.5) is 0 Å². The van der Waals surface area contributed by atoms with E-state index in [-0.39, 0.29) is 5.91 Å². The number of para-hydroxylation sites is 1. The molecule has 2 aromatic carbocycles.